The van der Waals surface area contributed by atoms with Crippen LogP contribution in [0.5, 0.6) is 0 Å². The van der Waals surface area contributed by atoms with Crippen molar-refractivity contribution in [3.63, 3.8) is 0 Å². The minimum Gasteiger partial charge on any atom is -0.366 e. The summed E-state index contributed by atoms with van der Waals surface area (Å²) in [5.41, 5.74) is 7.89. The molecule has 0 aliphatic carbocycles. The predicted octanol–water partition coefficient (Wildman–Crippen LogP) is 1.92. The lowest BCUT2D eigenvalue weighted by Gasteiger charge is -2.08. The van der Waals surface area contributed by atoms with E-state index >= 15 is 0 Å². The Morgan fingerprint density at radius 2 is 2.15 bits per heavy atom. The molecular formula is C15H16FN3O. The maximum Gasteiger partial charge on any atom is 0.248 e. The fourth-order valence-corrected chi connectivity index (χ4v) is 1.88. The second kappa shape index (κ2) is 6.25. The van der Waals surface area contributed by atoms with E-state index in [-0.39, 0.29) is 5.82 Å². The van der Waals surface area contributed by atoms with Crippen molar-refractivity contribution in [3.05, 3.63) is 64.7 Å². The van der Waals surface area contributed by atoms with Gasteiger partial charge in [0.15, 0.2) is 0 Å². The number of aryl methyl sites for hydroxylation is 1. The number of benzene rings is 1. The third-order valence-corrected chi connectivity index (χ3v) is 3.06. The number of nitrogens with zero attached hydrogens (tertiary/aromatic N) is 1. The Balaban J connectivity index is 2.02. The van der Waals surface area contributed by atoms with E-state index in [0.29, 0.717) is 24.2 Å². The smallest absolute Gasteiger partial charge is 0.248 e. The van der Waals surface area contributed by atoms with E-state index < -0.39 is 5.91 Å². The van der Waals surface area contributed by atoms with Gasteiger partial charge in [-0.2, -0.15) is 0 Å². The molecule has 4 nitrogen and oxygen atoms in total. The van der Waals surface area contributed by atoms with E-state index in [2.05, 4.69) is 10.3 Å². The van der Waals surface area contributed by atoms with E-state index in [0.717, 1.165) is 11.3 Å². The van der Waals surface area contributed by atoms with Crippen LogP contribution in [0, 0.1) is 12.7 Å². The maximum atomic E-state index is 13.6. The van der Waals surface area contributed by atoms with E-state index in [9.17, 15) is 9.18 Å². The maximum absolute atomic E-state index is 13.6. The fourth-order valence-electron chi connectivity index (χ4n) is 1.88. The quantitative estimate of drug-likeness (QED) is 0.874. The van der Waals surface area contributed by atoms with Gasteiger partial charge >= 0.3 is 0 Å². The molecule has 2 rings (SSSR count). The molecule has 20 heavy (non-hydrogen) atoms. The van der Waals surface area contributed by atoms with Crippen LogP contribution in [-0.2, 0) is 13.1 Å². The standard InChI is InChI=1S/C15H16FN3O/c1-10-3-2-6-19-14(10)9-18-8-12-7-11(15(17)20)4-5-13(12)16/h2-7,18H,8-9H2,1H3,(H2,17,20). The van der Waals surface area contributed by atoms with Gasteiger partial charge in [-0.3, -0.25) is 9.78 Å². The zero-order valence-electron chi connectivity index (χ0n) is 11.2. The number of nitrogens with two attached hydrogens (primary N) is 1. The van der Waals surface area contributed by atoms with Crippen LogP contribution in [0.4, 0.5) is 4.39 Å². The van der Waals surface area contributed by atoms with Crippen molar-refractivity contribution in [3.8, 4) is 0 Å². The van der Waals surface area contributed by atoms with Crippen molar-refractivity contribution in [1.29, 1.82) is 0 Å². The lowest BCUT2D eigenvalue weighted by Crippen LogP contribution is -2.17. The Labute approximate surface area is 116 Å². The number of hydrogen-bond acceptors (Lipinski definition) is 3. The first-order valence-corrected chi connectivity index (χ1v) is 6.27. The molecule has 1 aromatic carbocycles. The number of aromatic nitrogens is 1. The van der Waals surface area contributed by atoms with Crippen LogP contribution >= 0.6 is 0 Å². The normalized spacial score (nSPS) is 10.5. The number of pyridine rings is 1. The summed E-state index contributed by atoms with van der Waals surface area (Å²) in [5, 5.41) is 3.11. The van der Waals surface area contributed by atoms with Crippen molar-refractivity contribution in [2.75, 3.05) is 0 Å². The molecule has 0 radical (unpaired) electrons. The van der Waals surface area contributed by atoms with Gasteiger partial charge in [0.2, 0.25) is 5.91 Å². The summed E-state index contributed by atoms with van der Waals surface area (Å²) < 4.78 is 13.6. The van der Waals surface area contributed by atoms with Gasteiger partial charge in [0.25, 0.3) is 0 Å². The molecule has 0 unspecified atom stereocenters. The Bertz CT molecular complexity index is 628. The largest absolute Gasteiger partial charge is 0.366 e. The van der Waals surface area contributed by atoms with E-state index in [1.54, 1.807) is 6.20 Å². The molecule has 0 aliphatic rings. The number of hydrogen-bond donors (Lipinski definition) is 2. The summed E-state index contributed by atoms with van der Waals surface area (Å²) in [7, 11) is 0. The molecule has 3 N–H and O–H groups in total. The van der Waals surface area contributed by atoms with Crippen molar-refractivity contribution in [2.45, 2.75) is 20.0 Å². The average molecular weight is 273 g/mol. The molecule has 0 fully saturated rings. The minimum absolute atomic E-state index is 0.303. The van der Waals surface area contributed by atoms with Crippen molar-refractivity contribution in [2.24, 2.45) is 5.73 Å². The molecule has 0 bridgehead atoms. The van der Waals surface area contributed by atoms with Crippen LogP contribution in [0.15, 0.2) is 36.5 Å². The van der Waals surface area contributed by atoms with Gasteiger partial charge in [0.1, 0.15) is 5.82 Å². The minimum atomic E-state index is -0.563. The monoisotopic (exact) mass is 273 g/mol. The van der Waals surface area contributed by atoms with Crippen molar-refractivity contribution >= 4 is 5.91 Å². The summed E-state index contributed by atoms with van der Waals surface area (Å²) in [6.45, 7) is 2.81. The average Bonchev–Trinajstić information content (AvgIpc) is 2.42. The number of halogens is 1. The molecule has 2 aromatic rings. The zero-order chi connectivity index (χ0) is 14.5. The third kappa shape index (κ3) is 3.39. The van der Waals surface area contributed by atoms with Gasteiger partial charge in [0.05, 0.1) is 5.69 Å². The van der Waals surface area contributed by atoms with Crippen LogP contribution in [0.2, 0.25) is 0 Å². The highest BCUT2D eigenvalue weighted by atomic mass is 19.1. The highest BCUT2D eigenvalue weighted by Crippen LogP contribution is 2.11. The van der Waals surface area contributed by atoms with Gasteiger partial charge in [-0.25, -0.2) is 4.39 Å². The molecule has 0 aliphatic heterocycles. The Kier molecular flexibility index (Phi) is 4.42. The number of nitrogens with one attached hydrogen (secondary N) is 1. The van der Waals surface area contributed by atoms with Crippen molar-refractivity contribution < 1.29 is 9.18 Å². The van der Waals surface area contributed by atoms with Gasteiger partial charge in [-0.05, 0) is 36.8 Å². The second-order valence-electron chi connectivity index (χ2n) is 4.54. The van der Waals surface area contributed by atoms with Gasteiger partial charge in [0, 0.05) is 30.4 Å². The molecule has 0 saturated heterocycles. The summed E-state index contributed by atoms with van der Waals surface area (Å²) in [4.78, 5) is 15.3. The summed E-state index contributed by atoms with van der Waals surface area (Å²) in [6, 6.07) is 7.94. The van der Waals surface area contributed by atoms with Crippen molar-refractivity contribution in [1.82, 2.24) is 10.3 Å². The highest BCUT2D eigenvalue weighted by molar-refractivity contribution is 5.92. The second-order valence-corrected chi connectivity index (χ2v) is 4.54. The Hall–Kier alpha value is -2.27. The van der Waals surface area contributed by atoms with Gasteiger partial charge < -0.3 is 11.1 Å². The summed E-state index contributed by atoms with van der Waals surface area (Å²) in [6.07, 6.45) is 1.72. The first-order chi connectivity index (χ1) is 9.58. The van der Waals surface area contributed by atoms with Crippen LogP contribution in [0.1, 0.15) is 27.2 Å². The van der Waals surface area contributed by atoms with Crippen LogP contribution in [0.3, 0.4) is 0 Å². The molecule has 0 atom stereocenters. The molecule has 104 valence electrons. The molecule has 1 amide bonds. The predicted molar refractivity (Wildman–Crippen MR) is 74.4 cm³/mol. The van der Waals surface area contributed by atoms with E-state index in [1.165, 1.54) is 18.2 Å². The lowest BCUT2D eigenvalue weighted by atomic mass is 10.1. The fraction of sp³-hybridized carbons (Fsp3) is 0.200. The van der Waals surface area contributed by atoms with Gasteiger partial charge in [-0.15, -0.1) is 0 Å². The molecule has 1 aromatic heterocycles. The van der Waals surface area contributed by atoms with E-state index in [4.69, 9.17) is 5.73 Å². The van der Waals surface area contributed by atoms with Crippen LogP contribution < -0.4 is 11.1 Å². The van der Waals surface area contributed by atoms with Crippen LogP contribution in [0.25, 0.3) is 0 Å². The number of carbonyl (C=O) groups excluding carboxylic acids is 1. The number of rotatable bonds is 5. The Morgan fingerprint density at radius 3 is 2.85 bits per heavy atom. The first kappa shape index (κ1) is 14.1. The number of primary amides is 1. The summed E-state index contributed by atoms with van der Waals surface area (Å²) >= 11 is 0. The summed E-state index contributed by atoms with van der Waals surface area (Å²) in [5.74, 6) is -0.924. The molecule has 5 heteroatoms. The molecule has 1 heterocycles. The highest BCUT2D eigenvalue weighted by Gasteiger charge is 2.07. The SMILES string of the molecule is Cc1cccnc1CNCc1cc(C(N)=O)ccc1F. The first-order valence-electron chi connectivity index (χ1n) is 6.27. The number of carbonyl (C=O) groups is 1. The third-order valence-electron chi connectivity index (χ3n) is 3.06. The molecular weight excluding hydrogens is 257 g/mol. The number of amides is 1. The van der Waals surface area contributed by atoms with E-state index in [1.807, 2.05) is 19.1 Å². The molecule has 0 spiro atoms. The topological polar surface area (TPSA) is 68.0 Å². The molecule has 0 saturated carbocycles. The van der Waals surface area contributed by atoms with Crippen LogP contribution in [-0.4, -0.2) is 10.9 Å². The van der Waals surface area contributed by atoms with Gasteiger partial charge in [-0.1, -0.05) is 6.07 Å². The lowest BCUT2D eigenvalue weighted by molar-refractivity contribution is 0.1000. The Morgan fingerprint density at radius 1 is 1.35 bits per heavy atom. The zero-order valence-corrected chi connectivity index (χ0v) is 11.2.